The van der Waals surface area contributed by atoms with Gasteiger partial charge in [0.2, 0.25) is 0 Å². The number of benzene rings is 2. The first-order valence-electron chi connectivity index (χ1n) is 9.25. The molecule has 1 saturated heterocycles. The third-order valence-electron chi connectivity index (χ3n) is 5.11. The largest absolute Gasteiger partial charge is 0.505 e. The van der Waals surface area contributed by atoms with Crippen LogP contribution in [0.1, 0.15) is 23.3 Å². The second-order valence-electron chi connectivity index (χ2n) is 6.97. The van der Waals surface area contributed by atoms with Crippen LogP contribution in [0.4, 0.5) is 8.78 Å². The highest BCUT2D eigenvalue weighted by Gasteiger charge is 2.21. The second kappa shape index (κ2) is 7.69. The molecule has 1 aliphatic heterocycles. The van der Waals surface area contributed by atoms with E-state index in [0.717, 1.165) is 46.9 Å². The molecule has 0 atom stereocenters. The quantitative estimate of drug-likeness (QED) is 0.576. The summed E-state index contributed by atoms with van der Waals surface area (Å²) in [6.45, 7) is 6.12. The number of rotatable bonds is 4. The maximum absolute atomic E-state index is 14.3. The standard InChI is InChI=1S/C23H18F2N2OS/c1-14(27-8-2-3-9-27)22-12-18(15-4-5-17(13-26)19(24)10-15)23(29-22)16-6-7-21(28)20(25)11-16/h4-7,10-12,28H,1-3,8-9H2. The van der Waals surface area contributed by atoms with Gasteiger partial charge in [0.1, 0.15) is 11.9 Å². The number of hydrogen-bond acceptors (Lipinski definition) is 4. The summed E-state index contributed by atoms with van der Waals surface area (Å²) in [5.74, 6) is -1.73. The maximum Gasteiger partial charge on any atom is 0.165 e. The summed E-state index contributed by atoms with van der Waals surface area (Å²) in [5, 5.41) is 18.5. The van der Waals surface area contributed by atoms with Gasteiger partial charge < -0.3 is 10.0 Å². The predicted molar refractivity (Wildman–Crippen MR) is 111 cm³/mol. The molecule has 4 rings (SSSR count). The van der Waals surface area contributed by atoms with Gasteiger partial charge in [-0.05, 0) is 60.4 Å². The van der Waals surface area contributed by atoms with Gasteiger partial charge in [-0.1, -0.05) is 12.6 Å². The number of hydrogen-bond donors (Lipinski definition) is 1. The molecule has 1 N–H and O–H groups in total. The summed E-state index contributed by atoms with van der Waals surface area (Å²) in [4.78, 5) is 3.90. The molecule has 0 saturated carbocycles. The Bertz CT molecular complexity index is 1140. The van der Waals surface area contributed by atoms with Crippen LogP contribution in [0.3, 0.4) is 0 Å². The zero-order valence-corrected chi connectivity index (χ0v) is 16.4. The number of halogens is 2. The van der Waals surface area contributed by atoms with Crippen LogP contribution in [-0.4, -0.2) is 23.1 Å². The monoisotopic (exact) mass is 408 g/mol. The van der Waals surface area contributed by atoms with Gasteiger partial charge in [-0.25, -0.2) is 8.78 Å². The highest BCUT2D eigenvalue weighted by Crippen LogP contribution is 2.43. The van der Waals surface area contributed by atoms with Crippen LogP contribution >= 0.6 is 11.3 Å². The molecular formula is C23H18F2N2OS. The highest BCUT2D eigenvalue weighted by atomic mass is 32.1. The van der Waals surface area contributed by atoms with Crippen molar-refractivity contribution in [3.05, 3.63) is 71.1 Å². The van der Waals surface area contributed by atoms with E-state index in [4.69, 9.17) is 5.26 Å². The molecule has 1 aliphatic rings. The Balaban J connectivity index is 1.85. The lowest BCUT2D eigenvalue weighted by Gasteiger charge is -2.18. The molecule has 0 amide bonds. The fraction of sp³-hybridized carbons (Fsp3) is 0.174. The zero-order valence-electron chi connectivity index (χ0n) is 15.6. The Morgan fingerprint density at radius 2 is 1.72 bits per heavy atom. The van der Waals surface area contributed by atoms with Crippen molar-refractivity contribution in [2.75, 3.05) is 13.1 Å². The number of nitrogens with zero attached hydrogens (tertiary/aromatic N) is 2. The summed E-state index contributed by atoms with van der Waals surface area (Å²) in [7, 11) is 0. The van der Waals surface area contributed by atoms with E-state index in [-0.39, 0.29) is 5.56 Å². The van der Waals surface area contributed by atoms with Crippen LogP contribution in [0.25, 0.3) is 27.3 Å². The smallest absolute Gasteiger partial charge is 0.165 e. The van der Waals surface area contributed by atoms with Crippen molar-refractivity contribution >= 4 is 17.0 Å². The molecule has 3 nitrogen and oxygen atoms in total. The first kappa shape index (κ1) is 19.2. The molecule has 2 heterocycles. The topological polar surface area (TPSA) is 47.3 Å². The van der Waals surface area contributed by atoms with E-state index in [0.29, 0.717) is 11.1 Å². The van der Waals surface area contributed by atoms with Crippen LogP contribution < -0.4 is 0 Å². The van der Waals surface area contributed by atoms with E-state index in [1.165, 1.54) is 35.6 Å². The van der Waals surface area contributed by atoms with Crippen molar-refractivity contribution in [1.29, 1.82) is 5.26 Å². The molecule has 6 heteroatoms. The minimum absolute atomic E-state index is 0.0251. The summed E-state index contributed by atoms with van der Waals surface area (Å²) in [6.07, 6.45) is 2.24. The number of likely N-dealkylation sites (tertiary alicyclic amines) is 1. The van der Waals surface area contributed by atoms with Gasteiger partial charge in [-0.15, -0.1) is 11.3 Å². The van der Waals surface area contributed by atoms with Gasteiger partial charge >= 0.3 is 0 Å². The molecule has 29 heavy (non-hydrogen) atoms. The first-order chi connectivity index (χ1) is 14.0. The van der Waals surface area contributed by atoms with E-state index < -0.39 is 17.4 Å². The van der Waals surface area contributed by atoms with Crippen molar-refractivity contribution in [3.8, 4) is 33.4 Å². The summed E-state index contributed by atoms with van der Waals surface area (Å²) >= 11 is 1.46. The Morgan fingerprint density at radius 1 is 1.03 bits per heavy atom. The molecule has 0 aliphatic carbocycles. The number of thiophene rings is 1. The van der Waals surface area contributed by atoms with Gasteiger partial charge in [-0.3, -0.25) is 0 Å². The van der Waals surface area contributed by atoms with E-state index in [1.807, 2.05) is 12.1 Å². The third kappa shape index (κ3) is 3.62. The summed E-state index contributed by atoms with van der Waals surface area (Å²) in [6, 6.07) is 12.4. The Morgan fingerprint density at radius 3 is 2.38 bits per heavy atom. The second-order valence-corrected chi connectivity index (χ2v) is 8.02. The Kier molecular flexibility index (Phi) is 5.08. The fourth-order valence-corrected chi connectivity index (χ4v) is 4.70. The summed E-state index contributed by atoms with van der Waals surface area (Å²) < 4.78 is 28.3. The highest BCUT2D eigenvalue weighted by molar-refractivity contribution is 7.17. The van der Waals surface area contributed by atoms with Crippen molar-refractivity contribution in [1.82, 2.24) is 4.90 Å². The van der Waals surface area contributed by atoms with Crippen LogP contribution in [0.2, 0.25) is 0 Å². The fourth-order valence-electron chi connectivity index (χ4n) is 3.53. The lowest BCUT2D eigenvalue weighted by atomic mass is 10.0. The van der Waals surface area contributed by atoms with Crippen molar-refractivity contribution in [2.24, 2.45) is 0 Å². The number of phenols is 1. The van der Waals surface area contributed by atoms with Gasteiger partial charge in [-0.2, -0.15) is 5.26 Å². The number of nitriles is 1. The molecule has 1 fully saturated rings. The molecular weight excluding hydrogens is 390 g/mol. The lowest BCUT2D eigenvalue weighted by Crippen LogP contribution is -2.15. The first-order valence-corrected chi connectivity index (χ1v) is 10.1. The molecule has 0 spiro atoms. The van der Waals surface area contributed by atoms with Gasteiger partial charge in [0.05, 0.1) is 10.4 Å². The minimum Gasteiger partial charge on any atom is -0.505 e. The van der Waals surface area contributed by atoms with Crippen LogP contribution in [-0.2, 0) is 0 Å². The van der Waals surface area contributed by atoms with Crippen molar-refractivity contribution in [3.63, 3.8) is 0 Å². The zero-order chi connectivity index (χ0) is 20.5. The Hall–Kier alpha value is -3.17. The van der Waals surface area contributed by atoms with Crippen LogP contribution in [0.5, 0.6) is 5.75 Å². The SMILES string of the molecule is C=C(c1cc(-c2ccc(C#N)c(F)c2)c(-c2ccc(O)c(F)c2)s1)N1CCCC1. The molecule has 146 valence electrons. The lowest BCUT2D eigenvalue weighted by molar-refractivity contribution is 0.432. The van der Waals surface area contributed by atoms with Gasteiger partial charge in [0, 0.05) is 29.2 Å². The molecule has 1 aromatic heterocycles. The van der Waals surface area contributed by atoms with Crippen molar-refractivity contribution in [2.45, 2.75) is 12.8 Å². The number of aromatic hydroxyl groups is 1. The molecule has 0 unspecified atom stereocenters. The van der Waals surface area contributed by atoms with Crippen LogP contribution in [0.15, 0.2) is 49.0 Å². The average Bonchev–Trinajstić information content (AvgIpc) is 3.40. The van der Waals surface area contributed by atoms with E-state index in [9.17, 15) is 13.9 Å². The van der Waals surface area contributed by atoms with E-state index in [2.05, 4.69) is 11.5 Å². The van der Waals surface area contributed by atoms with E-state index in [1.54, 1.807) is 12.1 Å². The predicted octanol–water partition coefficient (Wildman–Crippen LogP) is 6.00. The molecule has 3 aromatic rings. The van der Waals surface area contributed by atoms with Crippen LogP contribution in [0, 0.1) is 23.0 Å². The third-order valence-corrected chi connectivity index (χ3v) is 6.35. The summed E-state index contributed by atoms with van der Waals surface area (Å²) in [5.41, 5.74) is 2.79. The maximum atomic E-state index is 14.3. The molecule has 0 radical (unpaired) electrons. The van der Waals surface area contributed by atoms with Gasteiger partial charge in [0.15, 0.2) is 11.6 Å². The van der Waals surface area contributed by atoms with Gasteiger partial charge in [0.25, 0.3) is 0 Å². The Labute approximate surface area is 171 Å². The minimum atomic E-state index is -0.715. The normalized spacial score (nSPS) is 13.5. The average molecular weight is 408 g/mol. The number of phenolic OH excluding ortho intramolecular Hbond substituents is 1. The van der Waals surface area contributed by atoms with E-state index >= 15 is 0 Å². The molecule has 0 bridgehead atoms. The molecule has 2 aromatic carbocycles. The van der Waals surface area contributed by atoms with Crippen molar-refractivity contribution < 1.29 is 13.9 Å².